The standard InChI is InChI=1S/C19H17IN2O3/c1-12-18(13(2)25-22-12)11-24-17-5-3-4-14(10-17)19(23)21-16-8-6-15(20)7-9-16/h3-10H,11H2,1-2H3,(H,21,23). The summed E-state index contributed by atoms with van der Waals surface area (Å²) in [6.45, 7) is 4.08. The van der Waals surface area contributed by atoms with Crippen LogP contribution in [0, 0.1) is 17.4 Å². The third-order valence-electron chi connectivity index (χ3n) is 3.76. The summed E-state index contributed by atoms with van der Waals surface area (Å²) in [6.07, 6.45) is 0. The third-order valence-corrected chi connectivity index (χ3v) is 4.48. The van der Waals surface area contributed by atoms with E-state index < -0.39 is 0 Å². The maximum atomic E-state index is 12.4. The summed E-state index contributed by atoms with van der Waals surface area (Å²) in [6, 6.07) is 14.7. The van der Waals surface area contributed by atoms with Gasteiger partial charge in [-0.05, 0) is 78.9 Å². The first kappa shape index (κ1) is 17.5. The van der Waals surface area contributed by atoms with Crippen LogP contribution >= 0.6 is 22.6 Å². The molecule has 25 heavy (non-hydrogen) atoms. The first-order valence-corrected chi connectivity index (χ1v) is 8.82. The largest absolute Gasteiger partial charge is 0.489 e. The molecule has 0 aliphatic rings. The van der Waals surface area contributed by atoms with Crippen molar-refractivity contribution in [2.75, 3.05) is 5.32 Å². The van der Waals surface area contributed by atoms with Gasteiger partial charge in [0.25, 0.3) is 5.91 Å². The maximum Gasteiger partial charge on any atom is 0.255 e. The van der Waals surface area contributed by atoms with Crippen molar-refractivity contribution in [3.8, 4) is 5.75 Å². The lowest BCUT2D eigenvalue weighted by Crippen LogP contribution is -2.12. The molecule has 0 saturated heterocycles. The summed E-state index contributed by atoms with van der Waals surface area (Å²) >= 11 is 2.22. The maximum absolute atomic E-state index is 12.4. The Hall–Kier alpha value is -2.35. The van der Waals surface area contributed by atoms with E-state index in [2.05, 4.69) is 33.1 Å². The van der Waals surface area contributed by atoms with Crippen molar-refractivity contribution in [2.45, 2.75) is 20.5 Å². The minimum Gasteiger partial charge on any atom is -0.489 e. The first-order valence-electron chi connectivity index (χ1n) is 7.74. The summed E-state index contributed by atoms with van der Waals surface area (Å²) in [5.74, 6) is 1.18. The second-order valence-electron chi connectivity index (χ2n) is 5.58. The number of halogens is 1. The molecule has 0 atom stereocenters. The van der Waals surface area contributed by atoms with Crippen molar-refractivity contribution in [2.24, 2.45) is 0 Å². The van der Waals surface area contributed by atoms with Gasteiger partial charge in [0.05, 0.1) is 11.3 Å². The molecule has 0 bridgehead atoms. The number of nitrogens with zero attached hydrogens (tertiary/aromatic N) is 1. The summed E-state index contributed by atoms with van der Waals surface area (Å²) < 4.78 is 12.0. The van der Waals surface area contributed by atoms with Gasteiger partial charge in [-0.3, -0.25) is 4.79 Å². The van der Waals surface area contributed by atoms with Crippen LogP contribution in [-0.2, 0) is 6.61 Å². The van der Waals surface area contributed by atoms with Gasteiger partial charge in [-0.15, -0.1) is 0 Å². The fourth-order valence-corrected chi connectivity index (χ4v) is 2.69. The Labute approximate surface area is 159 Å². The smallest absolute Gasteiger partial charge is 0.255 e. The number of carbonyl (C=O) groups excluding carboxylic acids is 1. The van der Waals surface area contributed by atoms with Gasteiger partial charge in [0.15, 0.2) is 0 Å². The molecule has 0 saturated carbocycles. The number of benzene rings is 2. The van der Waals surface area contributed by atoms with E-state index >= 15 is 0 Å². The highest BCUT2D eigenvalue weighted by molar-refractivity contribution is 14.1. The third kappa shape index (κ3) is 4.39. The quantitative estimate of drug-likeness (QED) is 0.574. The number of ether oxygens (including phenoxy) is 1. The van der Waals surface area contributed by atoms with Crippen molar-refractivity contribution in [1.82, 2.24) is 5.16 Å². The molecular weight excluding hydrogens is 431 g/mol. The van der Waals surface area contributed by atoms with Gasteiger partial charge in [-0.1, -0.05) is 11.2 Å². The topological polar surface area (TPSA) is 64.4 Å². The molecule has 1 N–H and O–H groups in total. The average Bonchev–Trinajstić information content (AvgIpc) is 2.93. The molecule has 128 valence electrons. The molecular formula is C19H17IN2O3. The van der Waals surface area contributed by atoms with Crippen LogP contribution in [0.4, 0.5) is 5.69 Å². The minimum atomic E-state index is -0.177. The molecule has 0 spiro atoms. The van der Waals surface area contributed by atoms with Crippen LogP contribution in [0.15, 0.2) is 53.1 Å². The van der Waals surface area contributed by atoms with Gasteiger partial charge in [-0.25, -0.2) is 0 Å². The van der Waals surface area contributed by atoms with Gasteiger partial charge < -0.3 is 14.6 Å². The highest BCUT2D eigenvalue weighted by Gasteiger charge is 2.11. The summed E-state index contributed by atoms with van der Waals surface area (Å²) in [5.41, 5.74) is 3.03. The Kier molecular flexibility index (Phi) is 5.37. The van der Waals surface area contributed by atoms with E-state index in [-0.39, 0.29) is 5.91 Å². The SMILES string of the molecule is Cc1noc(C)c1COc1cccc(C(=O)Nc2ccc(I)cc2)c1. The molecule has 0 radical (unpaired) electrons. The summed E-state index contributed by atoms with van der Waals surface area (Å²) in [7, 11) is 0. The number of aryl methyl sites for hydroxylation is 2. The van der Waals surface area contributed by atoms with Crippen LogP contribution in [0.3, 0.4) is 0 Å². The van der Waals surface area contributed by atoms with Crippen molar-refractivity contribution >= 4 is 34.2 Å². The molecule has 5 nitrogen and oxygen atoms in total. The molecule has 0 aliphatic heterocycles. The number of carbonyl (C=O) groups is 1. The molecule has 3 aromatic rings. The van der Waals surface area contributed by atoms with Gasteiger partial charge in [0.2, 0.25) is 0 Å². The van der Waals surface area contributed by atoms with E-state index in [0.29, 0.717) is 17.9 Å². The second kappa shape index (κ2) is 7.69. The normalized spacial score (nSPS) is 10.5. The van der Waals surface area contributed by atoms with E-state index in [1.54, 1.807) is 18.2 Å². The van der Waals surface area contributed by atoms with E-state index in [1.165, 1.54) is 0 Å². The van der Waals surface area contributed by atoms with E-state index in [0.717, 1.165) is 26.3 Å². The second-order valence-corrected chi connectivity index (χ2v) is 6.83. The molecule has 2 aromatic carbocycles. The minimum absolute atomic E-state index is 0.177. The lowest BCUT2D eigenvalue weighted by molar-refractivity contribution is 0.102. The lowest BCUT2D eigenvalue weighted by atomic mass is 10.2. The zero-order chi connectivity index (χ0) is 17.8. The van der Waals surface area contributed by atoms with Crippen LogP contribution in [0.5, 0.6) is 5.75 Å². The van der Waals surface area contributed by atoms with Crippen molar-refractivity contribution < 1.29 is 14.1 Å². The van der Waals surface area contributed by atoms with E-state index in [1.807, 2.05) is 44.2 Å². The van der Waals surface area contributed by atoms with Gasteiger partial charge in [0, 0.05) is 14.8 Å². The average molecular weight is 448 g/mol. The zero-order valence-electron chi connectivity index (χ0n) is 13.9. The molecule has 6 heteroatoms. The molecule has 1 heterocycles. The summed E-state index contributed by atoms with van der Waals surface area (Å²) in [4.78, 5) is 12.4. The molecule has 0 unspecified atom stereocenters. The van der Waals surface area contributed by atoms with Crippen molar-refractivity contribution in [3.63, 3.8) is 0 Å². The molecule has 0 aliphatic carbocycles. The van der Waals surface area contributed by atoms with Crippen LogP contribution < -0.4 is 10.1 Å². The Morgan fingerprint density at radius 1 is 1.20 bits per heavy atom. The summed E-state index contributed by atoms with van der Waals surface area (Å²) in [5, 5.41) is 6.79. The number of rotatable bonds is 5. The van der Waals surface area contributed by atoms with Gasteiger partial charge in [-0.2, -0.15) is 0 Å². The van der Waals surface area contributed by atoms with Gasteiger partial charge >= 0.3 is 0 Å². The number of nitrogens with one attached hydrogen (secondary N) is 1. The van der Waals surface area contributed by atoms with Crippen LogP contribution in [0.2, 0.25) is 0 Å². The van der Waals surface area contributed by atoms with Crippen LogP contribution in [0.1, 0.15) is 27.4 Å². The lowest BCUT2D eigenvalue weighted by Gasteiger charge is -2.09. The Morgan fingerprint density at radius 3 is 2.64 bits per heavy atom. The number of aromatic nitrogens is 1. The monoisotopic (exact) mass is 448 g/mol. The Bertz CT molecular complexity index is 868. The van der Waals surface area contributed by atoms with Gasteiger partial charge in [0.1, 0.15) is 18.1 Å². The number of anilines is 1. The number of hydrogen-bond acceptors (Lipinski definition) is 4. The fourth-order valence-electron chi connectivity index (χ4n) is 2.33. The van der Waals surface area contributed by atoms with Crippen LogP contribution in [-0.4, -0.2) is 11.1 Å². The predicted octanol–water partition coefficient (Wildman–Crippen LogP) is 4.73. The number of hydrogen-bond donors (Lipinski definition) is 1. The predicted molar refractivity (Wildman–Crippen MR) is 104 cm³/mol. The highest BCUT2D eigenvalue weighted by Crippen LogP contribution is 2.19. The zero-order valence-corrected chi connectivity index (χ0v) is 16.0. The molecule has 3 rings (SSSR count). The Balaban J connectivity index is 1.68. The number of amides is 1. The first-order chi connectivity index (χ1) is 12.0. The van der Waals surface area contributed by atoms with E-state index in [9.17, 15) is 4.79 Å². The van der Waals surface area contributed by atoms with Crippen LogP contribution in [0.25, 0.3) is 0 Å². The molecule has 0 fully saturated rings. The molecule has 1 aromatic heterocycles. The van der Waals surface area contributed by atoms with Crippen molar-refractivity contribution in [1.29, 1.82) is 0 Å². The van der Waals surface area contributed by atoms with E-state index in [4.69, 9.17) is 9.26 Å². The highest BCUT2D eigenvalue weighted by atomic mass is 127. The Morgan fingerprint density at radius 2 is 1.96 bits per heavy atom. The molecule has 1 amide bonds. The fraction of sp³-hybridized carbons (Fsp3) is 0.158. The van der Waals surface area contributed by atoms with Crippen molar-refractivity contribution in [3.05, 3.63) is 74.7 Å².